The fourth-order valence-corrected chi connectivity index (χ4v) is 4.71. The largest absolute Gasteiger partial charge is 0.467 e. The van der Waals surface area contributed by atoms with Crippen LogP contribution in [0.5, 0.6) is 0 Å². The van der Waals surface area contributed by atoms with Crippen LogP contribution in [0, 0.1) is 0 Å². The number of thiophene rings is 1. The van der Waals surface area contributed by atoms with Gasteiger partial charge in [-0.1, -0.05) is 11.6 Å². The third-order valence-corrected chi connectivity index (χ3v) is 5.69. The Balaban J connectivity index is 1.76. The van der Waals surface area contributed by atoms with Gasteiger partial charge >= 0.3 is 0 Å². The molecule has 3 heterocycles. The molecule has 0 saturated heterocycles. The average molecular weight is 362 g/mol. The third kappa shape index (κ3) is 3.16. The number of nitrogens with one attached hydrogen (secondary N) is 1. The Labute approximate surface area is 150 Å². The summed E-state index contributed by atoms with van der Waals surface area (Å²) in [7, 11) is 0. The molecule has 3 aromatic rings. The summed E-state index contributed by atoms with van der Waals surface area (Å²) in [6, 6.07) is 5.89. The lowest BCUT2D eigenvalue weighted by molar-refractivity contribution is 0.518. The zero-order chi connectivity index (χ0) is 16.7. The molecule has 0 bridgehead atoms. The highest BCUT2D eigenvalue weighted by Crippen LogP contribution is 2.49. The minimum atomic E-state index is 0.144. The summed E-state index contributed by atoms with van der Waals surface area (Å²) in [6.07, 6.45) is 5.05. The molecule has 1 fully saturated rings. The molecule has 0 unspecified atom stereocenters. The van der Waals surface area contributed by atoms with Crippen LogP contribution >= 0.6 is 22.9 Å². The molecule has 24 heavy (non-hydrogen) atoms. The molecular formula is C18H20ClN3OS. The van der Waals surface area contributed by atoms with Crippen molar-refractivity contribution >= 4 is 38.8 Å². The first-order valence-corrected chi connectivity index (χ1v) is 9.45. The first-order valence-electron chi connectivity index (χ1n) is 8.25. The SMILES string of the molecule is C[C@H](N)Cc1sc2c(NCc3ccco3)cc(Cl)nc2c1C1CC1. The minimum Gasteiger partial charge on any atom is -0.467 e. The molecule has 3 N–H and O–H groups in total. The number of aromatic nitrogens is 1. The molecular weight excluding hydrogens is 342 g/mol. The van der Waals surface area contributed by atoms with Crippen molar-refractivity contribution in [3.63, 3.8) is 0 Å². The monoisotopic (exact) mass is 361 g/mol. The molecule has 6 heteroatoms. The van der Waals surface area contributed by atoms with Gasteiger partial charge < -0.3 is 15.5 Å². The number of halogens is 1. The van der Waals surface area contributed by atoms with Crippen LogP contribution in [0.1, 0.15) is 41.9 Å². The van der Waals surface area contributed by atoms with Gasteiger partial charge in [0.2, 0.25) is 0 Å². The van der Waals surface area contributed by atoms with Gasteiger partial charge in [-0.05, 0) is 49.8 Å². The molecule has 0 radical (unpaired) electrons. The maximum absolute atomic E-state index is 6.30. The second kappa shape index (κ2) is 6.39. The quantitative estimate of drug-likeness (QED) is 0.611. The Morgan fingerprint density at radius 3 is 3.00 bits per heavy atom. The van der Waals surface area contributed by atoms with E-state index < -0.39 is 0 Å². The number of fused-ring (bicyclic) bond motifs is 1. The van der Waals surface area contributed by atoms with Gasteiger partial charge in [0, 0.05) is 17.0 Å². The van der Waals surface area contributed by atoms with Crippen LogP contribution in [-0.4, -0.2) is 11.0 Å². The van der Waals surface area contributed by atoms with Gasteiger partial charge in [0.05, 0.1) is 28.7 Å². The number of nitrogens with two attached hydrogens (primary N) is 1. The molecule has 1 saturated carbocycles. The highest BCUT2D eigenvalue weighted by atomic mass is 35.5. The lowest BCUT2D eigenvalue weighted by Gasteiger charge is -2.07. The number of furan rings is 1. The van der Waals surface area contributed by atoms with Crippen molar-refractivity contribution in [2.75, 3.05) is 5.32 Å². The van der Waals surface area contributed by atoms with Crippen LogP contribution in [-0.2, 0) is 13.0 Å². The van der Waals surface area contributed by atoms with Crippen molar-refractivity contribution in [1.29, 1.82) is 0 Å². The topological polar surface area (TPSA) is 64.1 Å². The Morgan fingerprint density at radius 2 is 2.33 bits per heavy atom. The smallest absolute Gasteiger partial charge is 0.131 e. The van der Waals surface area contributed by atoms with Gasteiger partial charge in [-0.25, -0.2) is 4.98 Å². The maximum Gasteiger partial charge on any atom is 0.131 e. The van der Waals surface area contributed by atoms with E-state index in [1.807, 2.05) is 18.2 Å². The second-order valence-electron chi connectivity index (χ2n) is 6.50. The number of hydrogen-bond acceptors (Lipinski definition) is 5. The van der Waals surface area contributed by atoms with Gasteiger partial charge in [0.1, 0.15) is 10.9 Å². The summed E-state index contributed by atoms with van der Waals surface area (Å²) in [5.74, 6) is 1.52. The van der Waals surface area contributed by atoms with Crippen molar-refractivity contribution in [3.05, 3.63) is 45.8 Å². The predicted molar refractivity (Wildman–Crippen MR) is 100.0 cm³/mol. The zero-order valence-corrected chi connectivity index (χ0v) is 15.1. The van der Waals surface area contributed by atoms with Gasteiger partial charge in [0.25, 0.3) is 0 Å². The molecule has 1 atom stereocenters. The lowest BCUT2D eigenvalue weighted by Crippen LogP contribution is -2.17. The van der Waals surface area contributed by atoms with Crippen LogP contribution in [0.2, 0.25) is 5.15 Å². The van der Waals surface area contributed by atoms with E-state index in [9.17, 15) is 0 Å². The number of anilines is 1. The van der Waals surface area contributed by atoms with Gasteiger partial charge in [0.15, 0.2) is 0 Å². The van der Waals surface area contributed by atoms with E-state index in [0.29, 0.717) is 17.6 Å². The second-order valence-corrected chi connectivity index (χ2v) is 7.99. The van der Waals surface area contributed by atoms with Gasteiger partial charge in [-0.3, -0.25) is 0 Å². The number of nitrogens with zero attached hydrogens (tertiary/aromatic N) is 1. The number of pyridine rings is 1. The summed E-state index contributed by atoms with van der Waals surface area (Å²) in [5, 5.41) is 3.97. The standard InChI is InChI=1S/C18H20ClN3OS/c1-10(20)7-14-16(11-4-5-11)17-18(24-14)13(8-15(19)22-17)21-9-12-3-2-6-23-12/h2-3,6,8,10-11H,4-5,7,9,20H2,1H3,(H,21,22)/t10-/m0/s1. The zero-order valence-electron chi connectivity index (χ0n) is 13.5. The number of hydrogen-bond donors (Lipinski definition) is 2. The van der Waals surface area contributed by atoms with Gasteiger partial charge in [-0.2, -0.15) is 0 Å². The van der Waals surface area contributed by atoms with E-state index in [1.165, 1.54) is 28.0 Å². The van der Waals surface area contributed by atoms with E-state index in [2.05, 4.69) is 17.2 Å². The van der Waals surface area contributed by atoms with Crippen LogP contribution in [0.25, 0.3) is 10.2 Å². The van der Waals surface area contributed by atoms with E-state index in [0.717, 1.165) is 23.4 Å². The molecule has 0 aliphatic heterocycles. The van der Waals surface area contributed by atoms with Crippen molar-refractivity contribution in [2.24, 2.45) is 5.73 Å². The molecule has 0 aromatic carbocycles. The van der Waals surface area contributed by atoms with Crippen LogP contribution in [0.15, 0.2) is 28.9 Å². The highest BCUT2D eigenvalue weighted by molar-refractivity contribution is 7.19. The van der Waals surface area contributed by atoms with E-state index in [4.69, 9.17) is 21.8 Å². The van der Waals surface area contributed by atoms with Crippen molar-refractivity contribution in [1.82, 2.24) is 4.98 Å². The van der Waals surface area contributed by atoms with E-state index >= 15 is 0 Å². The normalized spacial score (nSPS) is 15.8. The average Bonchev–Trinajstić information content (AvgIpc) is 3.09. The number of rotatable bonds is 6. The van der Waals surface area contributed by atoms with Crippen LogP contribution in [0.4, 0.5) is 5.69 Å². The summed E-state index contributed by atoms with van der Waals surface area (Å²) in [6.45, 7) is 2.68. The molecule has 0 spiro atoms. The molecule has 0 amide bonds. The Hall–Kier alpha value is -1.56. The fraction of sp³-hybridized carbons (Fsp3) is 0.389. The highest BCUT2D eigenvalue weighted by Gasteiger charge is 2.31. The molecule has 1 aliphatic rings. The minimum absolute atomic E-state index is 0.144. The first-order chi connectivity index (χ1) is 11.6. The molecule has 4 rings (SSSR count). The first kappa shape index (κ1) is 15.9. The molecule has 4 nitrogen and oxygen atoms in total. The molecule has 1 aliphatic carbocycles. The van der Waals surface area contributed by atoms with E-state index in [1.54, 1.807) is 17.6 Å². The summed E-state index contributed by atoms with van der Waals surface area (Å²) < 4.78 is 6.57. The Morgan fingerprint density at radius 1 is 1.50 bits per heavy atom. The summed E-state index contributed by atoms with van der Waals surface area (Å²) in [4.78, 5) is 6.00. The van der Waals surface area contributed by atoms with Crippen molar-refractivity contribution in [3.8, 4) is 0 Å². The predicted octanol–water partition coefficient (Wildman–Crippen LogP) is 4.92. The van der Waals surface area contributed by atoms with Crippen molar-refractivity contribution in [2.45, 2.75) is 44.7 Å². The van der Waals surface area contributed by atoms with Crippen molar-refractivity contribution < 1.29 is 4.42 Å². The summed E-state index contributed by atoms with van der Waals surface area (Å²) in [5.41, 5.74) is 9.50. The maximum atomic E-state index is 6.30. The third-order valence-electron chi connectivity index (χ3n) is 4.25. The van der Waals surface area contributed by atoms with Crippen LogP contribution < -0.4 is 11.1 Å². The fourth-order valence-electron chi connectivity index (χ4n) is 3.06. The Kier molecular flexibility index (Phi) is 4.24. The van der Waals surface area contributed by atoms with Crippen LogP contribution in [0.3, 0.4) is 0 Å². The Bertz CT molecular complexity index is 853. The van der Waals surface area contributed by atoms with E-state index in [-0.39, 0.29) is 6.04 Å². The van der Waals surface area contributed by atoms with Gasteiger partial charge in [-0.15, -0.1) is 11.3 Å². The summed E-state index contributed by atoms with van der Waals surface area (Å²) >= 11 is 8.10. The molecule has 126 valence electrons. The lowest BCUT2D eigenvalue weighted by atomic mass is 10.1. The molecule has 3 aromatic heterocycles.